The second-order valence-corrected chi connectivity index (χ2v) is 8.15. The molecule has 2 rings (SSSR count). The van der Waals surface area contributed by atoms with Crippen molar-refractivity contribution in [3.63, 3.8) is 0 Å². The van der Waals surface area contributed by atoms with Crippen molar-refractivity contribution < 1.29 is 9.90 Å². The molecule has 0 radical (unpaired) electrons. The Morgan fingerprint density at radius 3 is 2.38 bits per heavy atom. The average Bonchev–Trinajstić information content (AvgIpc) is 3.17. The number of nitrogens with one attached hydrogen (secondary N) is 2. The maximum absolute atomic E-state index is 12.4. The van der Waals surface area contributed by atoms with Gasteiger partial charge in [0.2, 0.25) is 0 Å². The van der Waals surface area contributed by atoms with Gasteiger partial charge in [0.25, 0.3) is 5.91 Å². The minimum Gasteiger partial charge on any atom is -0.386 e. The Hall–Kier alpha value is -2.09. The molecule has 6 nitrogen and oxygen atoms in total. The molecule has 0 aliphatic carbocycles. The summed E-state index contributed by atoms with van der Waals surface area (Å²) >= 11 is 7.29. The lowest BCUT2D eigenvalue weighted by Crippen LogP contribution is -2.39. The van der Waals surface area contributed by atoms with E-state index in [1.165, 1.54) is 11.3 Å². The standard InChI is InChI=1S/C21H29ClN4O2S/c1-4-23-21(25-14-17(27)18-11-12-19(22)29-18)24-13-15-7-9-16(10-8-15)20(28)26(5-2)6-3/h7-12,17,27H,4-6,13-14H2,1-3H3,(H2,23,24,25). The summed E-state index contributed by atoms with van der Waals surface area (Å²) in [5.41, 5.74) is 1.69. The van der Waals surface area contributed by atoms with Crippen LogP contribution in [0.3, 0.4) is 0 Å². The quantitative estimate of drug-likeness (QED) is 0.414. The summed E-state index contributed by atoms with van der Waals surface area (Å²) in [6.45, 7) is 8.85. The Morgan fingerprint density at radius 2 is 1.83 bits per heavy atom. The molecule has 0 spiro atoms. The first-order chi connectivity index (χ1) is 14.0. The van der Waals surface area contributed by atoms with Gasteiger partial charge in [0, 0.05) is 36.6 Å². The molecule has 1 aromatic heterocycles. The van der Waals surface area contributed by atoms with Crippen LogP contribution in [0.15, 0.2) is 41.4 Å². The van der Waals surface area contributed by atoms with E-state index in [0.717, 1.165) is 10.4 Å². The average molecular weight is 437 g/mol. The van der Waals surface area contributed by atoms with E-state index < -0.39 is 6.10 Å². The highest BCUT2D eigenvalue weighted by Crippen LogP contribution is 2.26. The van der Waals surface area contributed by atoms with Crippen LogP contribution in [0.1, 0.15) is 47.7 Å². The summed E-state index contributed by atoms with van der Waals surface area (Å²) in [5.74, 6) is 0.667. The highest BCUT2D eigenvalue weighted by molar-refractivity contribution is 7.16. The minimum atomic E-state index is -0.651. The first-order valence-electron chi connectivity index (χ1n) is 9.82. The second-order valence-electron chi connectivity index (χ2n) is 6.41. The van der Waals surface area contributed by atoms with Crippen molar-refractivity contribution in [3.05, 3.63) is 56.7 Å². The molecule has 158 valence electrons. The minimum absolute atomic E-state index is 0.0442. The molecule has 0 aliphatic rings. The van der Waals surface area contributed by atoms with Crippen LogP contribution in [0.4, 0.5) is 0 Å². The van der Waals surface area contributed by atoms with Gasteiger partial charge in [-0.2, -0.15) is 0 Å². The molecule has 29 heavy (non-hydrogen) atoms. The molecule has 0 aliphatic heterocycles. The Labute approximate surface area is 181 Å². The number of guanidine groups is 1. The number of amides is 1. The van der Waals surface area contributed by atoms with Crippen LogP contribution in [0.2, 0.25) is 4.34 Å². The van der Waals surface area contributed by atoms with Gasteiger partial charge in [0.1, 0.15) is 6.10 Å². The largest absolute Gasteiger partial charge is 0.386 e. The zero-order chi connectivity index (χ0) is 21.2. The molecular weight excluding hydrogens is 408 g/mol. The molecule has 0 saturated carbocycles. The molecule has 0 bridgehead atoms. The zero-order valence-electron chi connectivity index (χ0n) is 17.1. The summed E-state index contributed by atoms with van der Waals surface area (Å²) in [5, 5.41) is 16.6. The molecule has 1 heterocycles. The molecule has 0 fully saturated rings. The highest BCUT2D eigenvalue weighted by atomic mass is 35.5. The van der Waals surface area contributed by atoms with Crippen molar-refractivity contribution in [2.24, 2.45) is 4.99 Å². The number of hydrogen-bond acceptors (Lipinski definition) is 4. The number of carbonyl (C=O) groups excluding carboxylic acids is 1. The summed E-state index contributed by atoms with van der Waals surface area (Å²) in [4.78, 5) is 19.6. The van der Waals surface area contributed by atoms with Gasteiger partial charge >= 0.3 is 0 Å². The molecule has 1 unspecified atom stereocenters. The summed E-state index contributed by atoms with van der Waals surface area (Å²) in [6.07, 6.45) is -0.651. The van der Waals surface area contributed by atoms with E-state index in [1.54, 1.807) is 11.0 Å². The predicted octanol–water partition coefficient (Wildman–Crippen LogP) is 3.67. The lowest BCUT2D eigenvalue weighted by Gasteiger charge is -2.18. The smallest absolute Gasteiger partial charge is 0.253 e. The predicted molar refractivity (Wildman–Crippen MR) is 121 cm³/mol. The number of aliphatic hydroxyl groups excluding tert-OH is 1. The van der Waals surface area contributed by atoms with E-state index in [0.29, 0.717) is 48.6 Å². The highest BCUT2D eigenvalue weighted by Gasteiger charge is 2.12. The SMILES string of the molecule is CCNC(=NCc1ccc(C(=O)N(CC)CC)cc1)NCC(O)c1ccc(Cl)s1. The van der Waals surface area contributed by atoms with Gasteiger partial charge < -0.3 is 20.6 Å². The fraction of sp³-hybridized carbons (Fsp3) is 0.429. The van der Waals surface area contributed by atoms with Crippen LogP contribution in [-0.4, -0.2) is 48.1 Å². The summed E-state index contributed by atoms with van der Waals surface area (Å²) < 4.78 is 0.655. The molecule has 1 aromatic carbocycles. The Morgan fingerprint density at radius 1 is 1.14 bits per heavy atom. The van der Waals surface area contributed by atoms with Gasteiger partial charge in [-0.25, -0.2) is 4.99 Å². The number of nitrogens with zero attached hydrogens (tertiary/aromatic N) is 2. The number of halogens is 1. The number of benzene rings is 1. The third kappa shape index (κ3) is 7.03. The Balaban J connectivity index is 1.96. The molecular formula is C21H29ClN4O2S. The lowest BCUT2D eigenvalue weighted by molar-refractivity contribution is 0.0773. The van der Waals surface area contributed by atoms with Crippen LogP contribution < -0.4 is 10.6 Å². The molecule has 1 atom stereocenters. The van der Waals surface area contributed by atoms with E-state index in [-0.39, 0.29) is 5.91 Å². The van der Waals surface area contributed by atoms with Gasteiger partial charge in [-0.1, -0.05) is 23.7 Å². The summed E-state index contributed by atoms with van der Waals surface area (Å²) in [6, 6.07) is 11.1. The zero-order valence-corrected chi connectivity index (χ0v) is 18.7. The molecule has 0 saturated heterocycles. The number of thiophene rings is 1. The van der Waals surface area contributed by atoms with E-state index in [4.69, 9.17) is 11.6 Å². The number of aliphatic imine (C=N–C) groups is 1. The van der Waals surface area contributed by atoms with Crippen molar-refractivity contribution in [1.29, 1.82) is 0 Å². The van der Waals surface area contributed by atoms with E-state index >= 15 is 0 Å². The maximum Gasteiger partial charge on any atom is 0.253 e. The fourth-order valence-electron chi connectivity index (χ4n) is 2.76. The van der Waals surface area contributed by atoms with Crippen molar-refractivity contribution >= 4 is 34.8 Å². The molecule has 8 heteroatoms. The van der Waals surface area contributed by atoms with Crippen molar-refractivity contribution in [1.82, 2.24) is 15.5 Å². The van der Waals surface area contributed by atoms with Crippen molar-refractivity contribution in [2.75, 3.05) is 26.2 Å². The first-order valence-corrected chi connectivity index (χ1v) is 11.0. The van der Waals surface area contributed by atoms with Crippen LogP contribution >= 0.6 is 22.9 Å². The van der Waals surface area contributed by atoms with Gasteiger partial charge in [-0.15, -0.1) is 11.3 Å². The Kier molecular flexibility index (Phi) is 9.44. The topological polar surface area (TPSA) is 77.0 Å². The van der Waals surface area contributed by atoms with Gasteiger partial charge in [-0.3, -0.25) is 4.79 Å². The van der Waals surface area contributed by atoms with Gasteiger partial charge in [0.05, 0.1) is 10.9 Å². The normalized spacial score (nSPS) is 12.5. The number of carbonyl (C=O) groups is 1. The lowest BCUT2D eigenvalue weighted by atomic mass is 10.1. The fourth-order valence-corrected chi connectivity index (χ4v) is 3.81. The first kappa shape index (κ1) is 23.2. The van der Waals surface area contributed by atoms with Crippen molar-refractivity contribution in [3.8, 4) is 0 Å². The Bertz CT molecular complexity index is 803. The van der Waals surface area contributed by atoms with E-state index in [2.05, 4.69) is 15.6 Å². The number of hydrogen-bond donors (Lipinski definition) is 3. The maximum atomic E-state index is 12.4. The van der Waals surface area contributed by atoms with Crippen LogP contribution in [0.5, 0.6) is 0 Å². The molecule has 2 aromatic rings. The molecule has 3 N–H and O–H groups in total. The third-order valence-electron chi connectivity index (χ3n) is 4.40. The van der Waals surface area contributed by atoms with Gasteiger partial charge in [-0.05, 0) is 50.6 Å². The van der Waals surface area contributed by atoms with Gasteiger partial charge in [0.15, 0.2) is 5.96 Å². The number of aliphatic hydroxyl groups is 1. The second kappa shape index (κ2) is 11.8. The van der Waals surface area contributed by atoms with Crippen LogP contribution in [-0.2, 0) is 6.54 Å². The molecule has 1 amide bonds. The summed E-state index contributed by atoms with van der Waals surface area (Å²) in [7, 11) is 0. The van der Waals surface area contributed by atoms with Crippen LogP contribution in [0, 0.1) is 0 Å². The number of rotatable bonds is 9. The van der Waals surface area contributed by atoms with E-state index in [1.807, 2.05) is 51.1 Å². The van der Waals surface area contributed by atoms with Crippen LogP contribution in [0.25, 0.3) is 0 Å². The van der Waals surface area contributed by atoms with E-state index in [9.17, 15) is 9.90 Å². The van der Waals surface area contributed by atoms with Crippen molar-refractivity contribution in [2.45, 2.75) is 33.4 Å². The monoisotopic (exact) mass is 436 g/mol. The third-order valence-corrected chi connectivity index (χ3v) is 5.73.